The lowest BCUT2D eigenvalue weighted by Gasteiger charge is -2.11. The zero-order valence-electron chi connectivity index (χ0n) is 15.9. The number of esters is 2. The first-order chi connectivity index (χ1) is 13.0. The molecule has 0 N–H and O–H groups in total. The molecule has 0 atom stereocenters. The number of aryl methyl sites for hydroxylation is 1. The van der Waals surface area contributed by atoms with Crippen LogP contribution in [0.5, 0.6) is 5.75 Å². The highest BCUT2D eigenvalue weighted by Gasteiger charge is 2.14. The third-order valence-corrected chi connectivity index (χ3v) is 3.81. The molecule has 2 rings (SSSR count). The highest BCUT2D eigenvalue weighted by atomic mass is 16.7. The average molecular weight is 368 g/mol. The van der Waals surface area contributed by atoms with Crippen LogP contribution in [0.15, 0.2) is 60.6 Å². The molecule has 0 saturated heterocycles. The number of unbranched alkanes of at least 4 members (excludes halogenated alkanes) is 2. The second kappa shape index (κ2) is 10.2. The summed E-state index contributed by atoms with van der Waals surface area (Å²) in [4.78, 5) is 23.9. The molecule has 0 radical (unpaired) electrons. The van der Waals surface area contributed by atoms with E-state index in [4.69, 9.17) is 9.47 Å². The molecule has 0 aromatic heterocycles. The van der Waals surface area contributed by atoms with Gasteiger partial charge in [-0.3, -0.25) is 0 Å². The Balaban J connectivity index is 2.12. The number of allylic oxidation sites excluding steroid dienone is 1. The number of carbonyl (C=O) groups excluding carboxylic acids is 2. The Labute approximate surface area is 159 Å². The van der Waals surface area contributed by atoms with Gasteiger partial charge >= 0.3 is 11.9 Å². The van der Waals surface area contributed by atoms with Crippen molar-refractivity contribution in [1.29, 1.82) is 0 Å². The standard InChI is InChI=1S/C22H24O5/c1-4-5-6-10-20(26-19-9-7-8-16(2)15-19)27-22(24)18-13-11-17(12-14-18)21(23)25-3/h7-15H,4-6H2,1-3H3/b20-10-. The van der Waals surface area contributed by atoms with E-state index in [1.54, 1.807) is 12.1 Å². The molecule has 2 aromatic carbocycles. The lowest BCUT2D eigenvalue weighted by atomic mass is 10.1. The molecule has 2 aromatic rings. The van der Waals surface area contributed by atoms with Gasteiger partial charge < -0.3 is 14.2 Å². The fraction of sp³-hybridized carbons (Fsp3) is 0.273. The molecular formula is C22H24O5. The predicted octanol–water partition coefficient (Wildman–Crippen LogP) is 5.05. The summed E-state index contributed by atoms with van der Waals surface area (Å²) in [5.41, 5.74) is 1.73. The summed E-state index contributed by atoms with van der Waals surface area (Å²) in [5.74, 6) is -0.262. The molecule has 0 unspecified atom stereocenters. The van der Waals surface area contributed by atoms with Crippen LogP contribution in [0.4, 0.5) is 0 Å². The Hall–Kier alpha value is -3.08. The molecule has 0 fully saturated rings. The third-order valence-electron chi connectivity index (χ3n) is 3.81. The van der Waals surface area contributed by atoms with Gasteiger partial charge in [-0.1, -0.05) is 25.5 Å². The van der Waals surface area contributed by atoms with Crippen LogP contribution in [0.1, 0.15) is 52.5 Å². The Kier molecular flexibility index (Phi) is 7.62. The van der Waals surface area contributed by atoms with Gasteiger partial charge in [0.1, 0.15) is 5.75 Å². The molecule has 0 aliphatic carbocycles. The normalized spacial score (nSPS) is 11.0. The SMILES string of the molecule is CCCC/C=C(\OC(=O)c1ccc(C(=O)OC)cc1)Oc1cccc(C)c1. The summed E-state index contributed by atoms with van der Waals surface area (Å²) in [5, 5.41) is 0. The Morgan fingerprint density at radius 3 is 2.26 bits per heavy atom. The molecule has 0 saturated carbocycles. The van der Waals surface area contributed by atoms with Gasteiger partial charge in [0, 0.05) is 0 Å². The van der Waals surface area contributed by atoms with E-state index in [0.717, 1.165) is 24.8 Å². The van der Waals surface area contributed by atoms with Crippen LogP contribution in [-0.2, 0) is 9.47 Å². The van der Waals surface area contributed by atoms with Crippen molar-refractivity contribution in [3.63, 3.8) is 0 Å². The molecule has 0 heterocycles. The van der Waals surface area contributed by atoms with Crippen LogP contribution >= 0.6 is 0 Å². The molecule has 5 nitrogen and oxygen atoms in total. The largest absolute Gasteiger partial charge is 0.465 e. The maximum Gasteiger partial charge on any atom is 0.345 e. The average Bonchev–Trinajstić information content (AvgIpc) is 2.67. The maximum absolute atomic E-state index is 12.4. The van der Waals surface area contributed by atoms with E-state index in [0.29, 0.717) is 16.9 Å². The zero-order chi connectivity index (χ0) is 19.6. The number of ether oxygens (including phenoxy) is 3. The van der Waals surface area contributed by atoms with E-state index in [2.05, 4.69) is 11.7 Å². The van der Waals surface area contributed by atoms with E-state index in [1.165, 1.54) is 31.4 Å². The highest BCUT2D eigenvalue weighted by Crippen LogP contribution is 2.18. The van der Waals surface area contributed by atoms with Crippen LogP contribution in [0.25, 0.3) is 0 Å². The first-order valence-corrected chi connectivity index (χ1v) is 8.88. The second-order valence-electron chi connectivity index (χ2n) is 6.04. The molecule has 5 heteroatoms. The van der Waals surface area contributed by atoms with E-state index in [-0.39, 0.29) is 5.95 Å². The smallest absolute Gasteiger partial charge is 0.345 e. The Bertz CT molecular complexity index is 806. The molecular weight excluding hydrogens is 344 g/mol. The number of hydrogen-bond donors (Lipinski definition) is 0. The van der Waals surface area contributed by atoms with Crippen molar-refractivity contribution < 1.29 is 23.8 Å². The summed E-state index contributed by atoms with van der Waals surface area (Å²) < 4.78 is 15.8. The van der Waals surface area contributed by atoms with Crippen LogP contribution in [-0.4, -0.2) is 19.0 Å². The van der Waals surface area contributed by atoms with Gasteiger partial charge in [-0.2, -0.15) is 0 Å². The molecule has 0 aliphatic rings. The van der Waals surface area contributed by atoms with Crippen LogP contribution in [0.2, 0.25) is 0 Å². The van der Waals surface area contributed by atoms with Crippen molar-refractivity contribution in [2.75, 3.05) is 7.11 Å². The van der Waals surface area contributed by atoms with Crippen molar-refractivity contribution in [3.8, 4) is 5.75 Å². The lowest BCUT2D eigenvalue weighted by molar-refractivity contribution is 0.0472. The lowest BCUT2D eigenvalue weighted by Crippen LogP contribution is -2.10. The Morgan fingerprint density at radius 2 is 1.67 bits per heavy atom. The number of benzene rings is 2. The quantitative estimate of drug-likeness (QED) is 0.371. The molecule has 27 heavy (non-hydrogen) atoms. The van der Waals surface area contributed by atoms with Crippen LogP contribution in [0, 0.1) is 6.92 Å². The van der Waals surface area contributed by atoms with Gasteiger partial charge in [0.2, 0.25) is 0 Å². The Morgan fingerprint density at radius 1 is 1.00 bits per heavy atom. The van der Waals surface area contributed by atoms with Crippen molar-refractivity contribution >= 4 is 11.9 Å². The number of carbonyl (C=O) groups is 2. The second-order valence-corrected chi connectivity index (χ2v) is 6.04. The van der Waals surface area contributed by atoms with Crippen molar-refractivity contribution in [2.45, 2.75) is 33.1 Å². The maximum atomic E-state index is 12.4. The summed E-state index contributed by atoms with van der Waals surface area (Å²) in [6, 6.07) is 13.6. The summed E-state index contributed by atoms with van der Waals surface area (Å²) >= 11 is 0. The van der Waals surface area contributed by atoms with Gasteiger partial charge in [-0.15, -0.1) is 0 Å². The van der Waals surface area contributed by atoms with Gasteiger partial charge in [0.25, 0.3) is 5.95 Å². The van der Waals surface area contributed by atoms with E-state index < -0.39 is 11.9 Å². The van der Waals surface area contributed by atoms with E-state index in [9.17, 15) is 9.59 Å². The van der Waals surface area contributed by atoms with Crippen LogP contribution in [0.3, 0.4) is 0 Å². The highest BCUT2D eigenvalue weighted by molar-refractivity contribution is 5.93. The van der Waals surface area contributed by atoms with Gasteiger partial charge in [0.05, 0.1) is 18.2 Å². The fourth-order valence-corrected chi connectivity index (χ4v) is 2.33. The first kappa shape index (κ1) is 20.2. The molecule has 0 amide bonds. The third kappa shape index (κ3) is 6.29. The monoisotopic (exact) mass is 368 g/mol. The minimum Gasteiger partial charge on any atom is -0.465 e. The molecule has 142 valence electrons. The molecule has 0 aliphatic heterocycles. The number of methoxy groups -OCH3 is 1. The number of rotatable bonds is 8. The summed E-state index contributed by atoms with van der Waals surface area (Å²) in [6.07, 6.45) is 4.50. The van der Waals surface area contributed by atoms with Crippen molar-refractivity contribution in [3.05, 3.63) is 77.2 Å². The molecule has 0 bridgehead atoms. The van der Waals surface area contributed by atoms with Gasteiger partial charge in [-0.05, 0) is 67.8 Å². The van der Waals surface area contributed by atoms with Gasteiger partial charge in [-0.25, -0.2) is 9.59 Å². The van der Waals surface area contributed by atoms with Crippen molar-refractivity contribution in [2.24, 2.45) is 0 Å². The van der Waals surface area contributed by atoms with Crippen molar-refractivity contribution in [1.82, 2.24) is 0 Å². The summed E-state index contributed by atoms with van der Waals surface area (Å²) in [6.45, 7) is 4.05. The van der Waals surface area contributed by atoms with Crippen LogP contribution < -0.4 is 4.74 Å². The van der Waals surface area contributed by atoms with Gasteiger partial charge in [0.15, 0.2) is 0 Å². The first-order valence-electron chi connectivity index (χ1n) is 8.88. The topological polar surface area (TPSA) is 61.8 Å². The predicted molar refractivity (Wildman–Crippen MR) is 103 cm³/mol. The summed E-state index contributed by atoms with van der Waals surface area (Å²) in [7, 11) is 1.31. The molecule has 0 spiro atoms. The minimum atomic E-state index is -0.554. The minimum absolute atomic E-state index is 0.149. The van der Waals surface area contributed by atoms with E-state index >= 15 is 0 Å². The fourth-order valence-electron chi connectivity index (χ4n) is 2.33. The van der Waals surface area contributed by atoms with E-state index in [1.807, 2.05) is 25.1 Å². The number of hydrogen-bond acceptors (Lipinski definition) is 5. The zero-order valence-corrected chi connectivity index (χ0v) is 15.9.